The second-order valence-corrected chi connectivity index (χ2v) is 3.65. The number of carbonyl (C=O) groups is 1. The maximum absolute atomic E-state index is 10.8. The molecule has 0 fully saturated rings. The van der Waals surface area contributed by atoms with Crippen molar-refractivity contribution in [3.8, 4) is 5.88 Å². The van der Waals surface area contributed by atoms with Crippen LogP contribution in [0.15, 0.2) is 18.3 Å². The molecule has 1 heterocycles. The van der Waals surface area contributed by atoms with Crippen molar-refractivity contribution < 1.29 is 14.6 Å². The van der Waals surface area contributed by atoms with Crippen molar-refractivity contribution >= 4 is 11.7 Å². The summed E-state index contributed by atoms with van der Waals surface area (Å²) in [6.07, 6.45) is 1.61. The smallest absolute Gasteiger partial charge is 0.308 e. The monoisotopic (exact) mass is 224 g/mol. The van der Waals surface area contributed by atoms with Crippen LogP contribution in [0.2, 0.25) is 0 Å². The minimum atomic E-state index is -0.818. The first-order chi connectivity index (χ1) is 7.54. The third kappa shape index (κ3) is 3.12. The lowest BCUT2D eigenvalue weighted by molar-refractivity contribution is -0.141. The van der Waals surface area contributed by atoms with Crippen LogP contribution < -0.4 is 10.1 Å². The molecule has 16 heavy (non-hydrogen) atoms. The van der Waals surface area contributed by atoms with Gasteiger partial charge in [-0.3, -0.25) is 4.79 Å². The summed E-state index contributed by atoms with van der Waals surface area (Å²) < 4.78 is 4.98. The summed E-state index contributed by atoms with van der Waals surface area (Å²) >= 11 is 0. The maximum atomic E-state index is 10.8. The van der Waals surface area contributed by atoms with E-state index in [0.717, 1.165) is 5.69 Å². The van der Waals surface area contributed by atoms with Crippen LogP contribution in [-0.4, -0.2) is 29.2 Å². The first-order valence-corrected chi connectivity index (χ1v) is 5.04. The van der Waals surface area contributed by atoms with Crippen molar-refractivity contribution in [2.24, 2.45) is 5.92 Å². The van der Waals surface area contributed by atoms with Crippen molar-refractivity contribution in [1.82, 2.24) is 4.98 Å². The van der Waals surface area contributed by atoms with Gasteiger partial charge in [0, 0.05) is 24.0 Å². The number of rotatable bonds is 5. The Balaban J connectivity index is 2.68. The lowest BCUT2D eigenvalue weighted by Gasteiger charge is -2.19. The summed E-state index contributed by atoms with van der Waals surface area (Å²) in [5.41, 5.74) is 0.799. The lowest BCUT2D eigenvalue weighted by Crippen LogP contribution is -2.29. The molecule has 0 aliphatic heterocycles. The van der Waals surface area contributed by atoms with Gasteiger partial charge in [0.1, 0.15) is 0 Å². The van der Waals surface area contributed by atoms with E-state index in [2.05, 4.69) is 10.3 Å². The summed E-state index contributed by atoms with van der Waals surface area (Å²) in [4.78, 5) is 14.7. The highest BCUT2D eigenvalue weighted by molar-refractivity contribution is 5.71. The zero-order valence-electron chi connectivity index (χ0n) is 9.60. The highest BCUT2D eigenvalue weighted by Crippen LogP contribution is 2.16. The molecule has 1 aromatic rings. The van der Waals surface area contributed by atoms with Gasteiger partial charge in [-0.25, -0.2) is 4.98 Å². The van der Waals surface area contributed by atoms with E-state index < -0.39 is 11.9 Å². The quantitative estimate of drug-likeness (QED) is 0.795. The minimum absolute atomic E-state index is 0.162. The Hall–Kier alpha value is -1.78. The molecule has 2 N–H and O–H groups in total. The maximum Gasteiger partial charge on any atom is 0.308 e. The molecule has 0 saturated heterocycles. The van der Waals surface area contributed by atoms with E-state index in [1.54, 1.807) is 25.3 Å². The van der Waals surface area contributed by atoms with Crippen molar-refractivity contribution in [3.63, 3.8) is 0 Å². The van der Waals surface area contributed by atoms with Gasteiger partial charge in [0.05, 0.1) is 13.0 Å². The largest absolute Gasteiger partial charge is 0.481 e. The highest BCUT2D eigenvalue weighted by Gasteiger charge is 2.18. The number of carboxylic acid groups (broad SMARTS) is 1. The number of aromatic nitrogens is 1. The number of carboxylic acids is 1. The molecule has 0 saturated carbocycles. The molecular weight excluding hydrogens is 208 g/mol. The van der Waals surface area contributed by atoms with Gasteiger partial charge in [-0.15, -0.1) is 0 Å². The second kappa shape index (κ2) is 5.34. The molecule has 2 atom stereocenters. The average Bonchev–Trinajstić information content (AvgIpc) is 2.28. The molecule has 1 aromatic heterocycles. The van der Waals surface area contributed by atoms with E-state index >= 15 is 0 Å². The van der Waals surface area contributed by atoms with E-state index in [9.17, 15) is 4.79 Å². The topological polar surface area (TPSA) is 71.5 Å². The number of methoxy groups -OCH3 is 1. The van der Waals surface area contributed by atoms with Gasteiger partial charge in [0.15, 0.2) is 0 Å². The molecule has 0 radical (unpaired) electrons. The molecule has 5 nitrogen and oxygen atoms in total. The summed E-state index contributed by atoms with van der Waals surface area (Å²) in [6.45, 7) is 3.49. The highest BCUT2D eigenvalue weighted by atomic mass is 16.5. The van der Waals surface area contributed by atoms with Gasteiger partial charge in [0.25, 0.3) is 0 Å². The Labute approximate surface area is 94.5 Å². The van der Waals surface area contributed by atoms with Gasteiger partial charge in [0.2, 0.25) is 5.88 Å². The van der Waals surface area contributed by atoms with E-state index in [0.29, 0.717) is 5.88 Å². The predicted molar refractivity (Wildman–Crippen MR) is 60.7 cm³/mol. The number of pyridine rings is 1. The Morgan fingerprint density at radius 2 is 2.25 bits per heavy atom. The van der Waals surface area contributed by atoms with Crippen molar-refractivity contribution in [2.75, 3.05) is 12.4 Å². The second-order valence-electron chi connectivity index (χ2n) is 3.65. The van der Waals surface area contributed by atoms with Gasteiger partial charge in [-0.2, -0.15) is 0 Å². The number of hydrogen-bond acceptors (Lipinski definition) is 4. The number of ether oxygens (including phenoxy) is 1. The molecule has 0 aromatic carbocycles. The van der Waals surface area contributed by atoms with Crippen molar-refractivity contribution in [3.05, 3.63) is 18.3 Å². The molecule has 1 rings (SSSR count). The molecule has 0 spiro atoms. The summed E-state index contributed by atoms with van der Waals surface area (Å²) in [6, 6.07) is 3.34. The average molecular weight is 224 g/mol. The molecule has 0 amide bonds. The van der Waals surface area contributed by atoms with Crippen LogP contribution in [0.1, 0.15) is 13.8 Å². The van der Waals surface area contributed by atoms with Crippen molar-refractivity contribution in [1.29, 1.82) is 0 Å². The number of hydrogen-bond donors (Lipinski definition) is 2. The third-order valence-electron chi connectivity index (χ3n) is 2.48. The van der Waals surface area contributed by atoms with Crippen LogP contribution in [0.25, 0.3) is 0 Å². The van der Waals surface area contributed by atoms with Crippen molar-refractivity contribution in [2.45, 2.75) is 19.9 Å². The SMILES string of the molecule is COc1cc(NC(C)C(C)C(=O)O)ccn1. The van der Waals surface area contributed by atoms with Crippen LogP contribution in [-0.2, 0) is 4.79 Å². The van der Waals surface area contributed by atoms with Crippen LogP contribution in [0.5, 0.6) is 5.88 Å². The Morgan fingerprint density at radius 3 is 2.81 bits per heavy atom. The summed E-state index contributed by atoms with van der Waals surface area (Å²) in [5.74, 6) is -0.777. The van der Waals surface area contributed by atoms with Gasteiger partial charge < -0.3 is 15.2 Å². The molecule has 0 aliphatic rings. The number of anilines is 1. The Bertz CT molecular complexity index is 368. The first kappa shape index (κ1) is 12.3. The van der Waals surface area contributed by atoms with E-state index in [-0.39, 0.29) is 6.04 Å². The fraction of sp³-hybridized carbons (Fsp3) is 0.455. The van der Waals surface area contributed by atoms with Crippen LogP contribution >= 0.6 is 0 Å². The lowest BCUT2D eigenvalue weighted by atomic mass is 10.0. The fourth-order valence-corrected chi connectivity index (χ4v) is 1.21. The molecule has 0 bridgehead atoms. The standard InChI is InChI=1S/C11H16N2O3/c1-7(11(14)15)8(2)13-9-4-5-12-10(6-9)16-3/h4-8H,1-3H3,(H,12,13)(H,14,15). The zero-order chi connectivity index (χ0) is 12.1. The molecular formula is C11H16N2O3. The van der Waals surface area contributed by atoms with E-state index in [1.807, 2.05) is 6.92 Å². The minimum Gasteiger partial charge on any atom is -0.481 e. The molecule has 88 valence electrons. The number of aliphatic carboxylic acids is 1. The summed E-state index contributed by atoms with van der Waals surface area (Å²) in [5, 5.41) is 12.0. The normalized spacial score (nSPS) is 13.9. The van der Waals surface area contributed by atoms with E-state index in [1.165, 1.54) is 7.11 Å². The number of nitrogens with zero attached hydrogens (tertiary/aromatic N) is 1. The molecule has 5 heteroatoms. The first-order valence-electron chi connectivity index (χ1n) is 5.04. The van der Waals surface area contributed by atoms with Crippen LogP contribution in [0.4, 0.5) is 5.69 Å². The molecule has 0 aliphatic carbocycles. The molecule has 2 unspecified atom stereocenters. The summed E-state index contributed by atoms with van der Waals surface area (Å²) in [7, 11) is 1.54. The van der Waals surface area contributed by atoms with Gasteiger partial charge in [-0.1, -0.05) is 0 Å². The van der Waals surface area contributed by atoms with Crippen LogP contribution in [0, 0.1) is 5.92 Å². The third-order valence-corrected chi connectivity index (χ3v) is 2.48. The fourth-order valence-electron chi connectivity index (χ4n) is 1.21. The predicted octanol–water partition coefficient (Wildman–Crippen LogP) is 1.61. The Morgan fingerprint density at radius 1 is 1.56 bits per heavy atom. The zero-order valence-corrected chi connectivity index (χ0v) is 9.60. The van der Waals surface area contributed by atoms with Gasteiger partial charge >= 0.3 is 5.97 Å². The van der Waals surface area contributed by atoms with Gasteiger partial charge in [-0.05, 0) is 19.9 Å². The Kier molecular flexibility index (Phi) is 4.10. The van der Waals surface area contributed by atoms with Crippen LogP contribution in [0.3, 0.4) is 0 Å². The number of nitrogens with one attached hydrogen (secondary N) is 1. The van der Waals surface area contributed by atoms with E-state index in [4.69, 9.17) is 9.84 Å².